The van der Waals surface area contributed by atoms with E-state index >= 15 is 0 Å². The fraction of sp³-hybridized carbons (Fsp3) is 0.308. The SMILES string of the molecule is COc1ccc(-c2csc3ncnc(NC(CN4CCOCC4)c4ccc(C)cc4)c23)cc1. The number of thiophene rings is 1. The lowest BCUT2D eigenvalue weighted by atomic mass is 10.0. The fourth-order valence-corrected chi connectivity index (χ4v) is 5.12. The molecule has 0 saturated carbocycles. The van der Waals surface area contributed by atoms with Gasteiger partial charge in [-0.25, -0.2) is 9.97 Å². The minimum absolute atomic E-state index is 0.102. The van der Waals surface area contributed by atoms with Crippen LogP contribution >= 0.6 is 11.3 Å². The topological polar surface area (TPSA) is 59.5 Å². The number of ether oxygens (including phenoxy) is 2. The Balaban J connectivity index is 1.51. The average Bonchev–Trinajstić information content (AvgIpc) is 3.30. The summed E-state index contributed by atoms with van der Waals surface area (Å²) >= 11 is 1.64. The van der Waals surface area contributed by atoms with Gasteiger partial charge in [0.05, 0.1) is 31.8 Å². The summed E-state index contributed by atoms with van der Waals surface area (Å²) in [5, 5.41) is 7.00. The Morgan fingerprint density at radius 3 is 2.55 bits per heavy atom. The zero-order chi connectivity index (χ0) is 22.6. The van der Waals surface area contributed by atoms with Gasteiger partial charge in [0.2, 0.25) is 0 Å². The van der Waals surface area contributed by atoms with Gasteiger partial charge in [-0.2, -0.15) is 0 Å². The Morgan fingerprint density at radius 2 is 1.82 bits per heavy atom. The first-order valence-electron chi connectivity index (χ1n) is 11.2. The van der Waals surface area contributed by atoms with Gasteiger partial charge in [-0.15, -0.1) is 11.3 Å². The summed E-state index contributed by atoms with van der Waals surface area (Å²) in [6, 6.07) is 17.0. The van der Waals surface area contributed by atoms with Crippen molar-refractivity contribution in [2.75, 3.05) is 45.3 Å². The number of aromatic nitrogens is 2. The van der Waals surface area contributed by atoms with Crippen LogP contribution in [0.2, 0.25) is 0 Å². The molecule has 2 aromatic heterocycles. The van der Waals surface area contributed by atoms with E-state index in [0.29, 0.717) is 0 Å². The van der Waals surface area contributed by atoms with Gasteiger partial charge >= 0.3 is 0 Å². The molecule has 1 aliphatic heterocycles. The summed E-state index contributed by atoms with van der Waals surface area (Å²) in [6.07, 6.45) is 1.65. The summed E-state index contributed by atoms with van der Waals surface area (Å²) in [4.78, 5) is 12.7. The molecule has 5 rings (SSSR count). The van der Waals surface area contributed by atoms with Gasteiger partial charge in [-0.1, -0.05) is 42.0 Å². The van der Waals surface area contributed by atoms with Gasteiger partial charge in [0.15, 0.2) is 0 Å². The molecule has 6 nitrogen and oxygen atoms in total. The molecule has 0 aliphatic carbocycles. The number of hydrogen-bond acceptors (Lipinski definition) is 7. The van der Waals surface area contributed by atoms with Crippen LogP contribution in [0.15, 0.2) is 60.2 Å². The number of anilines is 1. The largest absolute Gasteiger partial charge is 0.497 e. The molecule has 170 valence electrons. The molecule has 3 heterocycles. The average molecular weight is 461 g/mol. The molecule has 33 heavy (non-hydrogen) atoms. The molecule has 0 bridgehead atoms. The minimum Gasteiger partial charge on any atom is -0.497 e. The highest BCUT2D eigenvalue weighted by molar-refractivity contribution is 7.17. The smallest absolute Gasteiger partial charge is 0.139 e. The van der Waals surface area contributed by atoms with Gasteiger partial charge in [0, 0.05) is 30.6 Å². The van der Waals surface area contributed by atoms with Crippen molar-refractivity contribution in [1.29, 1.82) is 0 Å². The number of aryl methyl sites for hydroxylation is 1. The Morgan fingerprint density at radius 1 is 1.06 bits per heavy atom. The molecule has 7 heteroatoms. The van der Waals surface area contributed by atoms with E-state index in [-0.39, 0.29) is 6.04 Å². The third-order valence-electron chi connectivity index (χ3n) is 6.11. The van der Waals surface area contributed by atoms with Gasteiger partial charge in [0.25, 0.3) is 0 Å². The van der Waals surface area contributed by atoms with Crippen LogP contribution in [0.3, 0.4) is 0 Å². The van der Waals surface area contributed by atoms with Crippen molar-refractivity contribution < 1.29 is 9.47 Å². The van der Waals surface area contributed by atoms with Crippen molar-refractivity contribution in [2.45, 2.75) is 13.0 Å². The van der Waals surface area contributed by atoms with Crippen LogP contribution < -0.4 is 10.1 Å². The van der Waals surface area contributed by atoms with Crippen molar-refractivity contribution in [1.82, 2.24) is 14.9 Å². The number of fused-ring (bicyclic) bond motifs is 1. The summed E-state index contributed by atoms with van der Waals surface area (Å²) in [5.41, 5.74) is 4.77. The van der Waals surface area contributed by atoms with E-state index in [0.717, 1.165) is 65.8 Å². The van der Waals surface area contributed by atoms with Crippen LogP contribution in [0, 0.1) is 6.92 Å². The molecule has 1 atom stereocenters. The molecular formula is C26H28N4O2S. The van der Waals surface area contributed by atoms with Gasteiger partial charge in [-0.3, -0.25) is 4.90 Å². The molecular weight excluding hydrogens is 432 g/mol. The van der Waals surface area contributed by atoms with Crippen LogP contribution in [-0.2, 0) is 4.74 Å². The summed E-state index contributed by atoms with van der Waals surface area (Å²) in [7, 11) is 1.69. The number of benzene rings is 2. The highest BCUT2D eigenvalue weighted by Crippen LogP contribution is 2.38. The first kappa shape index (κ1) is 21.8. The third kappa shape index (κ3) is 4.85. The second-order valence-corrected chi connectivity index (χ2v) is 9.16. The third-order valence-corrected chi connectivity index (χ3v) is 6.99. The first-order chi connectivity index (χ1) is 16.2. The molecule has 0 radical (unpaired) electrons. The number of morpholine rings is 1. The highest BCUT2D eigenvalue weighted by Gasteiger charge is 2.21. The van der Waals surface area contributed by atoms with Gasteiger partial charge < -0.3 is 14.8 Å². The van der Waals surface area contributed by atoms with Gasteiger partial charge in [-0.05, 0) is 30.2 Å². The molecule has 1 saturated heterocycles. The Bertz CT molecular complexity index is 1200. The zero-order valence-electron chi connectivity index (χ0n) is 19.0. The fourth-order valence-electron chi connectivity index (χ4n) is 4.21. The lowest BCUT2D eigenvalue weighted by Gasteiger charge is -2.31. The second-order valence-electron chi connectivity index (χ2n) is 8.30. The number of rotatable bonds is 7. The number of methoxy groups -OCH3 is 1. The molecule has 1 aliphatic rings. The van der Waals surface area contributed by atoms with Crippen LogP contribution in [0.5, 0.6) is 5.75 Å². The second kappa shape index (κ2) is 9.87. The van der Waals surface area contributed by atoms with E-state index in [1.54, 1.807) is 24.8 Å². The quantitative estimate of drug-likeness (QED) is 0.411. The minimum atomic E-state index is 0.102. The molecule has 0 amide bonds. The van der Waals surface area contributed by atoms with Crippen LogP contribution in [0.4, 0.5) is 5.82 Å². The van der Waals surface area contributed by atoms with Crippen molar-refractivity contribution in [3.63, 3.8) is 0 Å². The summed E-state index contributed by atoms with van der Waals surface area (Å²) in [5.74, 6) is 1.71. The van der Waals surface area contributed by atoms with E-state index in [1.807, 2.05) is 12.1 Å². The van der Waals surface area contributed by atoms with E-state index in [2.05, 4.69) is 63.9 Å². The number of nitrogens with zero attached hydrogens (tertiary/aromatic N) is 3. The Kier molecular flexibility index (Phi) is 6.53. The Hall–Kier alpha value is -3.00. The van der Waals surface area contributed by atoms with E-state index in [4.69, 9.17) is 14.5 Å². The maximum Gasteiger partial charge on any atom is 0.139 e. The normalized spacial score (nSPS) is 15.5. The monoisotopic (exact) mass is 460 g/mol. The molecule has 1 N–H and O–H groups in total. The standard InChI is InChI=1S/C26H28N4O2S/c1-18-3-5-20(6-4-18)23(15-30-11-13-32-14-12-30)29-25-24-22(16-33-26(24)28-17-27-25)19-7-9-21(31-2)10-8-19/h3-10,16-17,23H,11-15H2,1-2H3,(H,27,28,29). The number of hydrogen-bond donors (Lipinski definition) is 1. The van der Waals surface area contributed by atoms with Crippen molar-refractivity contribution >= 4 is 27.4 Å². The molecule has 4 aromatic rings. The molecule has 1 unspecified atom stereocenters. The van der Waals surface area contributed by atoms with Crippen LogP contribution in [-0.4, -0.2) is 54.8 Å². The van der Waals surface area contributed by atoms with E-state index < -0.39 is 0 Å². The van der Waals surface area contributed by atoms with Gasteiger partial charge in [0.1, 0.15) is 22.7 Å². The van der Waals surface area contributed by atoms with Crippen molar-refractivity contribution in [2.24, 2.45) is 0 Å². The maximum atomic E-state index is 5.56. The maximum absolute atomic E-state index is 5.56. The van der Waals surface area contributed by atoms with Crippen molar-refractivity contribution in [3.05, 3.63) is 71.4 Å². The zero-order valence-corrected chi connectivity index (χ0v) is 19.8. The van der Waals surface area contributed by atoms with E-state index in [9.17, 15) is 0 Å². The predicted molar refractivity (Wildman–Crippen MR) is 134 cm³/mol. The predicted octanol–water partition coefficient (Wildman–Crippen LogP) is 5.16. The van der Waals surface area contributed by atoms with E-state index in [1.165, 1.54) is 11.1 Å². The van der Waals surface area contributed by atoms with Crippen LogP contribution in [0.25, 0.3) is 21.3 Å². The van der Waals surface area contributed by atoms with Crippen LogP contribution in [0.1, 0.15) is 17.2 Å². The summed E-state index contributed by atoms with van der Waals surface area (Å²) in [6.45, 7) is 6.46. The lowest BCUT2D eigenvalue weighted by Crippen LogP contribution is -2.40. The molecule has 2 aromatic carbocycles. The Labute approximate surface area is 198 Å². The van der Waals surface area contributed by atoms with Crippen molar-refractivity contribution in [3.8, 4) is 16.9 Å². The molecule has 0 spiro atoms. The first-order valence-corrected chi connectivity index (χ1v) is 12.1. The molecule has 1 fully saturated rings. The summed E-state index contributed by atoms with van der Waals surface area (Å²) < 4.78 is 10.9. The lowest BCUT2D eigenvalue weighted by molar-refractivity contribution is 0.0361. The number of nitrogens with one attached hydrogen (secondary N) is 1. The highest BCUT2D eigenvalue weighted by atomic mass is 32.1.